The molecule has 0 aromatic heterocycles. The molecule has 0 radical (unpaired) electrons. The number of hydrogen-bond acceptors (Lipinski definition) is 8. The van der Waals surface area contributed by atoms with E-state index in [9.17, 15) is 14.9 Å². The number of rotatable bonds is 4. The summed E-state index contributed by atoms with van der Waals surface area (Å²) in [6.07, 6.45) is 19.3. The molecule has 0 N–H and O–H groups in total. The van der Waals surface area contributed by atoms with Gasteiger partial charge in [-0.3, -0.25) is 9.59 Å². The topological polar surface area (TPSA) is 133 Å². The fourth-order valence-electron chi connectivity index (χ4n) is 4.70. The van der Waals surface area contributed by atoms with Crippen molar-refractivity contribution in [2.24, 2.45) is 16.7 Å². The average Bonchev–Trinajstić information content (AvgIpc) is 3.65. The van der Waals surface area contributed by atoms with Crippen molar-refractivity contribution < 1.29 is 23.8 Å². The lowest BCUT2D eigenvalue weighted by atomic mass is 9.60. The quantitative estimate of drug-likeness (QED) is 0.313. The van der Waals surface area contributed by atoms with Gasteiger partial charge in [0.1, 0.15) is 0 Å². The molecule has 1 heterocycles. The van der Waals surface area contributed by atoms with Crippen LogP contribution in [0.5, 0.6) is 0 Å². The fraction of sp³-hybridized carbons (Fsp3) is 0.618. The predicted molar refractivity (Wildman–Crippen MR) is 163 cm³/mol. The molecule has 8 nitrogen and oxygen atoms in total. The summed E-state index contributed by atoms with van der Waals surface area (Å²) in [6, 6.07) is 6.36. The largest absolute Gasteiger partial charge is 0.505 e. The minimum absolute atomic E-state index is 0.0463. The van der Waals surface area contributed by atoms with Gasteiger partial charge in [-0.15, -0.1) is 0 Å². The molecule has 1 aliphatic heterocycles. The third-order valence-electron chi connectivity index (χ3n) is 7.53. The number of ketones is 2. The minimum atomic E-state index is -0.363. The molecule has 4 rings (SSSR count). The summed E-state index contributed by atoms with van der Waals surface area (Å²) in [6.45, 7) is 9.87. The van der Waals surface area contributed by atoms with Crippen LogP contribution in [0.3, 0.4) is 0 Å². The van der Waals surface area contributed by atoms with Gasteiger partial charge in [0, 0.05) is 31.5 Å². The zero-order chi connectivity index (χ0) is 31.9. The highest BCUT2D eigenvalue weighted by Crippen LogP contribution is 2.57. The van der Waals surface area contributed by atoms with E-state index < -0.39 is 0 Å². The molecule has 1 unspecified atom stereocenters. The normalized spacial score (nSPS) is 24.5. The van der Waals surface area contributed by atoms with Gasteiger partial charge in [-0.2, -0.15) is 15.8 Å². The molecule has 0 aromatic carbocycles. The van der Waals surface area contributed by atoms with Crippen LogP contribution in [0.2, 0.25) is 0 Å². The monoisotopic (exact) mass is 579 g/mol. The molecule has 0 bridgehead atoms. The number of methoxy groups -OCH3 is 2. The van der Waals surface area contributed by atoms with Crippen LogP contribution < -0.4 is 0 Å². The summed E-state index contributed by atoms with van der Waals surface area (Å²) in [7, 11) is 3.11. The van der Waals surface area contributed by atoms with Gasteiger partial charge < -0.3 is 14.2 Å². The first-order valence-electron chi connectivity index (χ1n) is 14.6. The maximum absolute atomic E-state index is 11.7. The number of nitrogens with zero attached hydrogens (tertiary/aromatic N) is 3. The van der Waals surface area contributed by atoms with Gasteiger partial charge in [0.25, 0.3) is 0 Å². The van der Waals surface area contributed by atoms with Crippen LogP contribution >= 0.6 is 0 Å². The van der Waals surface area contributed by atoms with Gasteiger partial charge in [-0.25, -0.2) is 0 Å². The second kappa shape index (κ2) is 22.0. The average molecular weight is 580 g/mol. The highest BCUT2D eigenvalue weighted by Gasteiger charge is 2.53. The number of hydrogen-bond donors (Lipinski definition) is 0. The highest BCUT2D eigenvalue weighted by atomic mass is 16.5. The van der Waals surface area contributed by atoms with Crippen LogP contribution in [-0.2, 0) is 23.8 Å². The van der Waals surface area contributed by atoms with Crippen molar-refractivity contribution in [2.75, 3.05) is 27.4 Å². The van der Waals surface area contributed by atoms with Crippen LogP contribution in [0.1, 0.15) is 91.9 Å². The number of ether oxygens (including phenoxy) is 3. The Morgan fingerprint density at radius 2 is 1.67 bits per heavy atom. The maximum Gasteiger partial charge on any atom is 0.159 e. The lowest BCUT2D eigenvalue weighted by molar-refractivity contribution is -0.118. The van der Waals surface area contributed by atoms with Gasteiger partial charge in [-0.05, 0) is 89.5 Å². The van der Waals surface area contributed by atoms with Gasteiger partial charge in [-0.1, -0.05) is 18.6 Å². The zero-order valence-electron chi connectivity index (χ0n) is 26.4. The van der Waals surface area contributed by atoms with E-state index in [1.165, 1.54) is 30.9 Å². The van der Waals surface area contributed by atoms with Gasteiger partial charge >= 0.3 is 0 Å². The van der Waals surface area contributed by atoms with E-state index >= 15 is 0 Å². The van der Waals surface area contributed by atoms with Gasteiger partial charge in [0.2, 0.25) is 0 Å². The number of fused-ring (bicyclic) bond motifs is 1. The first-order valence-corrected chi connectivity index (χ1v) is 14.6. The van der Waals surface area contributed by atoms with Crippen molar-refractivity contribution in [3.8, 4) is 18.2 Å². The van der Waals surface area contributed by atoms with Crippen LogP contribution in [0.25, 0.3) is 0 Å². The second-order valence-corrected chi connectivity index (χ2v) is 11.0. The van der Waals surface area contributed by atoms with Crippen molar-refractivity contribution in [3.63, 3.8) is 0 Å². The summed E-state index contributed by atoms with van der Waals surface area (Å²) in [4.78, 5) is 22.3. The van der Waals surface area contributed by atoms with E-state index in [0.29, 0.717) is 18.6 Å². The third-order valence-corrected chi connectivity index (χ3v) is 7.53. The lowest BCUT2D eigenvalue weighted by Crippen LogP contribution is -2.38. The SMILES string of the molecule is C1CCOC1.CC1=CC(=O)CCC1.COC=CC(C)C#N.COC=CCC#N.C[C@]1(C#N)CC=C2C(=O)CCC[C@@]21C. The molecule has 42 heavy (non-hydrogen) atoms. The Morgan fingerprint density at radius 1 is 1.00 bits per heavy atom. The van der Waals surface area contributed by atoms with Crippen LogP contribution in [0.15, 0.2) is 48.0 Å². The van der Waals surface area contributed by atoms with Crippen molar-refractivity contribution in [1.29, 1.82) is 15.8 Å². The minimum Gasteiger partial charge on any atom is -0.505 e. The van der Waals surface area contributed by atoms with E-state index in [4.69, 9.17) is 15.3 Å². The molecule has 0 spiro atoms. The number of carbonyl (C=O) groups excluding carboxylic acids is 2. The smallest absolute Gasteiger partial charge is 0.159 e. The molecule has 2 fully saturated rings. The van der Waals surface area contributed by atoms with Crippen LogP contribution in [0.4, 0.5) is 0 Å². The maximum atomic E-state index is 11.7. The zero-order valence-corrected chi connectivity index (χ0v) is 26.4. The third kappa shape index (κ3) is 14.3. The van der Waals surface area contributed by atoms with Crippen LogP contribution in [-0.4, -0.2) is 39.0 Å². The predicted octanol–water partition coefficient (Wildman–Crippen LogP) is 7.45. The molecule has 1 saturated carbocycles. The Hall–Kier alpha value is -3.67. The Morgan fingerprint density at radius 3 is 2.12 bits per heavy atom. The molecule has 3 atom stereocenters. The van der Waals surface area contributed by atoms with E-state index in [0.717, 1.165) is 57.3 Å². The molecule has 0 amide bonds. The Balaban J connectivity index is 0.000000526. The summed E-state index contributed by atoms with van der Waals surface area (Å²) >= 11 is 0. The molecule has 8 heteroatoms. The summed E-state index contributed by atoms with van der Waals surface area (Å²) in [5.74, 6) is 0.515. The van der Waals surface area contributed by atoms with Crippen molar-refractivity contribution in [1.82, 2.24) is 0 Å². The molecular weight excluding hydrogens is 530 g/mol. The van der Waals surface area contributed by atoms with Crippen molar-refractivity contribution >= 4 is 11.6 Å². The van der Waals surface area contributed by atoms with Gasteiger partial charge in [0.05, 0.1) is 62.7 Å². The summed E-state index contributed by atoms with van der Waals surface area (Å²) in [5, 5.41) is 25.4. The Labute approximate surface area is 253 Å². The summed E-state index contributed by atoms with van der Waals surface area (Å²) in [5.41, 5.74) is 1.62. The number of nitriles is 3. The second-order valence-electron chi connectivity index (χ2n) is 11.0. The number of carbonyl (C=O) groups is 2. The standard InChI is InChI=1S/C12H15NO.C7H10O.C6H9NO.C5H7NO.C4H8O/c1-11(8-13)7-5-9-10(14)4-3-6-12(9,11)2;1-6-3-2-4-7(8)5-6;1-6(5-7)3-4-8-2;1-7-5-3-2-4-6;1-2-4-5-3-1/h5H,3-4,6-7H2,1-2H3;5H,2-4H2,1H3;3-4,6H,1-2H3;3,5H,2H2,1H3;1-4H2/t11-,12+;;;;/m1..../s1. The van der Waals surface area contributed by atoms with E-state index in [1.807, 2.05) is 32.1 Å². The fourth-order valence-corrected chi connectivity index (χ4v) is 4.70. The molecule has 3 aliphatic carbocycles. The van der Waals surface area contributed by atoms with E-state index in [-0.39, 0.29) is 22.5 Å². The molecule has 1 saturated heterocycles. The Bertz CT molecular complexity index is 1070. The Kier molecular flexibility index (Phi) is 20.1. The number of allylic oxidation sites excluding steroid dienone is 6. The summed E-state index contributed by atoms with van der Waals surface area (Å²) < 4.78 is 14.0. The van der Waals surface area contributed by atoms with Gasteiger partial charge in [0.15, 0.2) is 11.6 Å². The molecule has 0 aromatic rings. The van der Waals surface area contributed by atoms with Crippen LogP contribution in [0, 0.1) is 50.7 Å². The number of Topliss-reactive ketones (excluding diaryl/α,β-unsaturated/α-hetero) is 1. The molecular formula is C34H49N3O5. The van der Waals surface area contributed by atoms with E-state index in [1.54, 1.807) is 39.4 Å². The highest BCUT2D eigenvalue weighted by molar-refractivity contribution is 5.98. The first-order chi connectivity index (χ1) is 20.0. The molecule has 230 valence electrons. The van der Waals surface area contributed by atoms with E-state index in [2.05, 4.69) is 22.5 Å². The molecule has 4 aliphatic rings. The lowest BCUT2D eigenvalue weighted by Gasteiger charge is -2.40. The van der Waals surface area contributed by atoms with Crippen molar-refractivity contribution in [2.45, 2.75) is 91.9 Å². The van der Waals surface area contributed by atoms with Crippen molar-refractivity contribution in [3.05, 3.63) is 48.0 Å². The first kappa shape index (κ1) is 38.3.